The Balaban J connectivity index is 1.08. The smallest absolute Gasteiger partial charge is 0.407 e. The fourth-order valence-corrected chi connectivity index (χ4v) is 9.31. The lowest BCUT2D eigenvalue weighted by molar-refractivity contribution is -0.150. The maximum Gasteiger partial charge on any atom is 0.407 e. The van der Waals surface area contributed by atoms with Gasteiger partial charge in [0.2, 0.25) is 17.7 Å². The molecule has 7 atom stereocenters. The Morgan fingerprint density at radius 2 is 1.60 bits per heavy atom. The van der Waals surface area contributed by atoms with E-state index in [9.17, 15) is 24.0 Å². The normalized spacial score (nSPS) is 26.0. The molecule has 2 saturated carbocycles. The summed E-state index contributed by atoms with van der Waals surface area (Å²) >= 11 is 0. The SMILES string of the molecule is COC(=O)[C@H](C[C@@H]1CC2(CC2)NC1=O)NC(=O)[C@@H]1[C@@H]2[C@H](CN1C(=O)[C@@H](NC(=O)OCC1c3ccccc3-c3ccccc31)[C@@H](C)OC(C)(C)C)C2(C)C. The zero-order valence-corrected chi connectivity index (χ0v) is 31.7. The summed E-state index contributed by atoms with van der Waals surface area (Å²) in [5, 5.41) is 8.72. The molecule has 5 aliphatic rings. The Morgan fingerprint density at radius 3 is 2.17 bits per heavy atom. The zero-order valence-electron chi connectivity index (χ0n) is 31.7. The number of nitrogens with zero attached hydrogens (tertiary/aromatic N) is 1. The number of alkyl carbamates (subject to hydrolysis) is 1. The lowest BCUT2D eigenvalue weighted by Gasteiger charge is -2.36. The summed E-state index contributed by atoms with van der Waals surface area (Å²) in [6.07, 6.45) is 0.973. The van der Waals surface area contributed by atoms with Crippen LogP contribution < -0.4 is 16.0 Å². The van der Waals surface area contributed by atoms with E-state index >= 15 is 0 Å². The molecule has 284 valence electrons. The van der Waals surface area contributed by atoms with Crippen molar-refractivity contribution in [1.82, 2.24) is 20.9 Å². The van der Waals surface area contributed by atoms with Crippen LogP contribution in [0, 0.1) is 23.2 Å². The number of fused-ring (bicyclic) bond motifs is 4. The highest BCUT2D eigenvalue weighted by Gasteiger charge is 2.70. The molecule has 2 aromatic carbocycles. The van der Waals surface area contributed by atoms with Crippen molar-refractivity contribution >= 4 is 29.8 Å². The van der Waals surface area contributed by atoms with Crippen molar-refractivity contribution in [2.45, 2.75) is 109 Å². The van der Waals surface area contributed by atoms with Gasteiger partial charge in [-0.3, -0.25) is 14.4 Å². The highest BCUT2D eigenvalue weighted by atomic mass is 16.6. The molecular formula is C41H52N4O8. The minimum atomic E-state index is -1.17. The Bertz CT molecular complexity index is 1770. The predicted molar refractivity (Wildman–Crippen MR) is 195 cm³/mol. The van der Waals surface area contributed by atoms with Crippen molar-refractivity contribution in [3.63, 3.8) is 0 Å². The Labute approximate surface area is 311 Å². The summed E-state index contributed by atoms with van der Waals surface area (Å²) in [5.74, 6) is -2.45. The minimum absolute atomic E-state index is 0.0445. The van der Waals surface area contributed by atoms with Crippen molar-refractivity contribution in [3.05, 3.63) is 59.7 Å². The van der Waals surface area contributed by atoms with E-state index < -0.39 is 59.6 Å². The van der Waals surface area contributed by atoms with Crippen LogP contribution in [0.15, 0.2) is 48.5 Å². The molecule has 0 radical (unpaired) electrons. The molecule has 2 aliphatic heterocycles. The van der Waals surface area contributed by atoms with Crippen LogP contribution in [0.3, 0.4) is 0 Å². The van der Waals surface area contributed by atoms with E-state index in [1.165, 1.54) is 12.0 Å². The number of ether oxygens (including phenoxy) is 3. The average molecular weight is 729 g/mol. The molecule has 3 N–H and O–H groups in total. The summed E-state index contributed by atoms with van der Waals surface area (Å²) in [5.41, 5.74) is 3.29. The number of hydrogen-bond donors (Lipinski definition) is 3. The standard InChI is InChI=1S/C41H52N4O8/c1-22(53-39(2,3)4)32(43-38(50)52-21-28-26-14-10-8-12-24(26)25-13-9-11-15-27(25)28)36(48)45-20-29-31(40(29,5)6)33(45)35(47)42-30(37(49)51-7)18-23-19-41(16-17-41)44-34(23)46/h8-15,22-23,28-33H,16-21H2,1-7H3,(H,42,47)(H,43,50)(H,44,46)/t22-,23-,29+,30+,31+,32+,33+/m1/s1. The predicted octanol–water partition coefficient (Wildman–Crippen LogP) is 4.30. The Kier molecular flexibility index (Phi) is 9.36. The van der Waals surface area contributed by atoms with Crippen LogP contribution in [-0.2, 0) is 33.4 Å². The third kappa shape index (κ3) is 7.02. The number of amides is 4. The van der Waals surface area contributed by atoms with Gasteiger partial charge in [-0.25, -0.2) is 9.59 Å². The molecule has 1 spiro atoms. The second kappa shape index (κ2) is 13.4. The van der Waals surface area contributed by atoms with Gasteiger partial charge < -0.3 is 35.1 Å². The molecule has 3 aliphatic carbocycles. The van der Waals surface area contributed by atoms with Crippen LogP contribution in [0.4, 0.5) is 4.79 Å². The van der Waals surface area contributed by atoms with Gasteiger partial charge in [0.1, 0.15) is 24.7 Å². The second-order valence-corrected chi connectivity index (χ2v) is 17.3. The number of benzene rings is 2. The average Bonchev–Trinajstić information content (AvgIpc) is 3.74. The summed E-state index contributed by atoms with van der Waals surface area (Å²) in [4.78, 5) is 69.7. The molecule has 12 nitrogen and oxygen atoms in total. The largest absolute Gasteiger partial charge is 0.467 e. The molecule has 2 aromatic rings. The number of carbonyl (C=O) groups excluding carboxylic acids is 5. The molecule has 12 heteroatoms. The molecule has 2 heterocycles. The second-order valence-electron chi connectivity index (χ2n) is 17.3. The summed E-state index contributed by atoms with van der Waals surface area (Å²) in [7, 11) is 1.25. The fraction of sp³-hybridized carbons (Fsp3) is 0.585. The van der Waals surface area contributed by atoms with E-state index in [4.69, 9.17) is 14.2 Å². The number of nitrogens with one attached hydrogen (secondary N) is 3. The minimum Gasteiger partial charge on any atom is -0.467 e. The number of esters is 1. The van der Waals surface area contributed by atoms with Crippen LogP contribution in [0.5, 0.6) is 0 Å². The third-order valence-corrected chi connectivity index (χ3v) is 12.2. The van der Waals surface area contributed by atoms with Gasteiger partial charge in [-0.1, -0.05) is 62.4 Å². The molecule has 53 heavy (non-hydrogen) atoms. The highest BCUT2D eigenvalue weighted by Crippen LogP contribution is 2.65. The number of rotatable bonds is 11. The van der Waals surface area contributed by atoms with Gasteiger partial charge in [-0.05, 0) is 92.9 Å². The molecular weight excluding hydrogens is 676 g/mol. The van der Waals surface area contributed by atoms with E-state index in [0.717, 1.165) is 35.1 Å². The molecule has 4 fully saturated rings. The fourth-order valence-electron chi connectivity index (χ4n) is 9.31. The molecule has 4 amide bonds. The first-order valence-corrected chi connectivity index (χ1v) is 18.8. The van der Waals surface area contributed by atoms with Gasteiger partial charge in [0.25, 0.3) is 0 Å². The molecule has 2 saturated heterocycles. The zero-order chi connectivity index (χ0) is 38.0. The van der Waals surface area contributed by atoms with E-state index in [2.05, 4.69) is 41.9 Å². The maximum absolute atomic E-state index is 14.6. The van der Waals surface area contributed by atoms with Crippen LogP contribution in [0.25, 0.3) is 11.1 Å². The van der Waals surface area contributed by atoms with E-state index in [0.29, 0.717) is 13.0 Å². The molecule has 0 bridgehead atoms. The first kappa shape index (κ1) is 36.9. The van der Waals surface area contributed by atoms with Crippen LogP contribution >= 0.6 is 0 Å². The molecule has 7 rings (SSSR count). The molecule has 0 unspecified atom stereocenters. The molecule has 0 aromatic heterocycles. The number of likely N-dealkylation sites (tertiary alicyclic amines) is 1. The Hall–Kier alpha value is -4.45. The first-order chi connectivity index (χ1) is 25.0. The maximum atomic E-state index is 14.6. The van der Waals surface area contributed by atoms with Gasteiger partial charge in [0, 0.05) is 23.9 Å². The van der Waals surface area contributed by atoms with E-state index in [1.807, 2.05) is 57.2 Å². The quantitative estimate of drug-likeness (QED) is 0.290. The number of hydrogen-bond acceptors (Lipinski definition) is 8. The lowest BCUT2D eigenvalue weighted by atomic mass is 9.94. The monoisotopic (exact) mass is 728 g/mol. The first-order valence-electron chi connectivity index (χ1n) is 18.8. The van der Waals surface area contributed by atoms with Gasteiger partial charge in [-0.15, -0.1) is 0 Å². The third-order valence-electron chi connectivity index (χ3n) is 12.2. The van der Waals surface area contributed by atoms with Crippen molar-refractivity contribution in [3.8, 4) is 11.1 Å². The number of piperidine rings is 1. The van der Waals surface area contributed by atoms with Gasteiger partial charge >= 0.3 is 12.1 Å². The summed E-state index contributed by atoms with van der Waals surface area (Å²) < 4.78 is 17.1. The van der Waals surface area contributed by atoms with Gasteiger partial charge in [-0.2, -0.15) is 0 Å². The van der Waals surface area contributed by atoms with Crippen molar-refractivity contribution < 1.29 is 38.2 Å². The van der Waals surface area contributed by atoms with E-state index in [-0.39, 0.29) is 47.6 Å². The number of carbonyl (C=O) groups is 5. The van der Waals surface area contributed by atoms with E-state index in [1.54, 1.807) is 6.92 Å². The summed E-state index contributed by atoms with van der Waals surface area (Å²) in [6, 6.07) is 13.0. The van der Waals surface area contributed by atoms with Crippen molar-refractivity contribution in [1.29, 1.82) is 0 Å². The summed E-state index contributed by atoms with van der Waals surface area (Å²) in [6.45, 7) is 11.8. The van der Waals surface area contributed by atoms with Crippen molar-refractivity contribution in [2.75, 3.05) is 20.3 Å². The van der Waals surface area contributed by atoms with Crippen LogP contribution in [-0.4, -0.2) is 90.3 Å². The Morgan fingerprint density at radius 1 is 0.981 bits per heavy atom. The highest BCUT2D eigenvalue weighted by molar-refractivity contribution is 5.95. The van der Waals surface area contributed by atoms with Gasteiger partial charge in [0.15, 0.2) is 0 Å². The van der Waals surface area contributed by atoms with Crippen LogP contribution in [0.1, 0.15) is 84.3 Å². The number of methoxy groups -OCH3 is 1. The van der Waals surface area contributed by atoms with Crippen LogP contribution in [0.2, 0.25) is 0 Å². The lowest BCUT2D eigenvalue weighted by Crippen LogP contribution is -2.60. The topological polar surface area (TPSA) is 152 Å². The van der Waals surface area contributed by atoms with Crippen molar-refractivity contribution in [2.24, 2.45) is 23.2 Å². The van der Waals surface area contributed by atoms with Gasteiger partial charge in [0.05, 0.1) is 18.8 Å².